The van der Waals surface area contributed by atoms with E-state index >= 15 is 0 Å². The summed E-state index contributed by atoms with van der Waals surface area (Å²) in [7, 11) is 1.29. The molecule has 7 nitrogen and oxygen atoms in total. The summed E-state index contributed by atoms with van der Waals surface area (Å²) >= 11 is 0. The summed E-state index contributed by atoms with van der Waals surface area (Å²) in [6.07, 6.45) is 4.50. The zero-order chi connectivity index (χ0) is 23.0. The van der Waals surface area contributed by atoms with E-state index in [1.54, 1.807) is 4.52 Å². The van der Waals surface area contributed by atoms with Crippen LogP contribution in [0.5, 0.6) is 0 Å². The fourth-order valence-corrected chi connectivity index (χ4v) is 3.88. The quantitative estimate of drug-likeness (QED) is 0.403. The van der Waals surface area contributed by atoms with Gasteiger partial charge >= 0.3 is 5.97 Å². The molecule has 0 saturated heterocycles. The number of benzene rings is 2. The molecule has 0 aliphatic heterocycles. The first-order valence-electron chi connectivity index (χ1n) is 10.9. The van der Waals surface area contributed by atoms with Gasteiger partial charge in [-0.2, -0.15) is 5.10 Å². The van der Waals surface area contributed by atoms with Gasteiger partial charge in [0.25, 0.3) is 5.91 Å². The maximum Gasteiger partial charge on any atom is 0.325 e. The number of nitrogens with zero attached hydrogens (tertiary/aromatic N) is 3. The third kappa shape index (κ3) is 5.44. The van der Waals surface area contributed by atoms with Gasteiger partial charge in [0.2, 0.25) is 0 Å². The summed E-state index contributed by atoms with van der Waals surface area (Å²) in [6, 6.07) is 22.4. The van der Waals surface area contributed by atoms with Gasteiger partial charge < -0.3 is 10.1 Å². The smallest absolute Gasteiger partial charge is 0.325 e. The van der Waals surface area contributed by atoms with Crippen LogP contribution in [0.4, 0.5) is 0 Å². The number of aromatic nitrogens is 3. The zero-order valence-electron chi connectivity index (χ0n) is 18.5. The number of rotatable bonds is 9. The molecule has 1 N–H and O–H groups in total. The fourth-order valence-electron chi connectivity index (χ4n) is 3.88. The first kappa shape index (κ1) is 22.2. The second kappa shape index (κ2) is 10.5. The van der Waals surface area contributed by atoms with Crippen LogP contribution in [-0.2, 0) is 35.2 Å². The number of fused-ring (bicyclic) bond motifs is 1. The standard InChI is InChI=1S/C26H26N4O3/c1-33-23(31)17-27-26(32)24-21(14-12-19-8-4-2-5-9-19)16-22(30-25(24)28-18-29-30)15-13-20-10-6-3-7-11-20/h2-11,16,18H,12-15,17H2,1H3,(H,27,32). The van der Waals surface area contributed by atoms with Crippen LogP contribution in [0.2, 0.25) is 0 Å². The molecule has 1 amide bonds. The Kier molecular flexibility index (Phi) is 7.09. The topological polar surface area (TPSA) is 85.6 Å². The third-order valence-electron chi connectivity index (χ3n) is 5.59. The van der Waals surface area contributed by atoms with E-state index in [1.165, 1.54) is 24.6 Å². The van der Waals surface area contributed by atoms with Crippen molar-refractivity contribution in [2.75, 3.05) is 13.7 Å². The zero-order valence-corrected chi connectivity index (χ0v) is 18.5. The van der Waals surface area contributed by atoms with Crippen molar-refractivity contribution in [3.63, 3.8) is 0 Å². The summed E-state index contributed by atoms with van der Waals surface area (Å²) in [5.41, 5.74) is 5.22. The molecule has 0 saturated carbocycles. The molecule has 2 aromatic heterocycles. The lowest BCUT2D eigenvalue weighted by Gasteiger charge is -2.14. The van der Waals surface area contributed by atoms with E-state index in [0.717, 1.165) is 30.5 Å². The molecule has 2 aromatic carbocycles. The normalized spacial score (nSPS) is 10.8. The molecule has 33 heavy (non-hydrogen) atoms. The Hall–Kier alpha value is -4.00. The molecule has 0 aliphatic rings. The number of aryl methyl sites for hydroxylation is 4. The third-order valence-corrected chi connectivity index (χ3v) is 5.59. The minimum Gasteiger partial charge on any atom is -0.468 e. The lowest BCUT2D eigenvalue weighted by Crippen LogP contribution is -2.31. The van der Waals surface area contributed by atoms with Crippen molar-refractivity contribution in [1.29, 1.82) is 0 Å². The molecular formula is C26H26N4O3. The highest BCUT2D eigenvalue weighted by atomic mass is 16.5. The van der Waals surface area contributed by atoms with E-state index in [-0.39, 0.29) is 12.5 Å². The van der Waals surface area contributed by atoms with E-state index in [0.29, 0.717) is 17.6 Å². The van der Waals surface area contributed by atoms with Crippen LogP contribution in [0.3, 0.4) is 0 Å². The number of esters is 1. The van der Waals surface area contributed by atoms with E-state index in [1.807, 2.05) is 42.5 Å². The number of nitrogens with one attached hydrogen (secondary N) is 1. The summed E-state index contributed by atoms with van der Waals surface area (Å²) in [5.74, 6) is -0.873. The number of hydrogen-bond acceptors (Lipinski definition) is 5. The second-order valence-electron chi connectivity index (χ2n) is 7.76. The Morgan fingerprint density at radius 2 is 1.55 bits per heavy atom. The number of pyridine rings is 1. The molecule has 0 fully saturated rings. The number of hydrogen-bond donors (Lipinski definition) is 1. The Morgan fingerprint density at radius 3 is 2.18 bits per heavy atom. The summed E-state index contributed by atoms with van der Waals surface area (Å²) in [6.45, 7) is -0.205. The molecule has 0 bridgehead atoms. The molecule has 168 valence electrons. The predicted molar refractivity (Wildman–Crippen MR) is 125 cm³/mol. The van der Waals surface area contributed by atoms with Crippen molar-refractivity contribution in [3.05, 3.63) is 101 Å². The minimum atomic E-state index is -0.508. The maximum atomic E-state index is 13.1. The van der Waals surface area contributed by atoms with Crippen molar-refractivity contribution in [2.45, 2.75) is 25.7 Å². The molecule has 4 aromatic rings. The van der Waals surface area contributed by atoms with Gasteiger partial charge in [-0.15, -0.1) is 0 Å². The van der Waals surface area contributed by atoms with Gasteiger partial charge in [0.1, 0.15) is 12.9 Å². The summed E-state index contributed by atoms with van der Waals surface area (Å²) in [4.78, 5) is 29.1. The highest BCUT2D eigenvalue weighted by Gasteiger charge is 2.21. The lowest BCUT2D eigenvalue weighted by atomic mass is 9.98. The Labute approximate surface area is 192 Å². The predicted octanol–water partition coefficient (Wildman–Crippen LogP) is 3.20. The minimum absolute atomic E-state index is 0.205. The van der Waals surface area contributed by atoms with Crippen LogP contribution in [0.25, 0.3) is 5.65 Å². The van der Waals surface area contributed by atoms with Crippen molar-refractivity contribution in [3.8, 4) is 0 Å². The van der Waals surface area contributed by atoms with Crippen LogP contribution in [0.1, 0.15) is 32.7 Å². The number of ether oxygens (including phenoxy) is 1. The van der Waals surface area contributed by atoms with Gasteiger partial charge in [0, 0.05) is 5.69 Å². The molecule has 0 unspecified atom stereocenters. The van der Waals surface area contributed by atoms with E-state index in [4.69, 9.17) is 0 Å². The van der Waals surface area contributed by atoms with Gasteiger partial charge in [-0.1, -0.05) is 60.7 Å². The molecule has 0 aliphatic carbocycles. The molecule has 0 radical (unpaired) electrons. The van der Waals surface area contributed by atoms with E-state index in [9.17, 15) is 9.59 Å². The number of carbonyl (C=O) groups is 2. The largest absolute Gasteiger partial charge is 0.468 e. The van der Waals surface area contributed by atoms with E-state index in [2.05, 4.69) is 44.4 Å². The summed E-state index contributed by atoms with van der Waals surface area (Å²) < 4.78 is 6.38. The highest BCUT2D eigenvalue weighted by Crippen LogP contribution is 2.21. The molecule has 2 heterocycles. The van der Waals surface area contributed by atoms with Gasteiger partial charge in [-0.3, -0.25) is 9.59 Å². The van der Waals surface area contributed by atoms with Crippen LogP contribution in [0, 0.1) is 0 Å². The molecule has 0 atom stereocenters. The number of carbonyl (C=O) groups excluding carboxylic acids is 2. The van der Waals surface area contributed by atoms with Crippen molar-refractivity contribution < 1.29 is 14.3 Å². The summed E-state index contributed by atoms with van der Waals surface area (Å²) in [5, 5.41) is 7.03. The maximum absolute atomic E-state index is 13.1. The first-order valence-corrected chi connectivity index (χ1v) is 10.9. The fraction of sp³-hybridized carbons (Fsp3) is 0.231. The van der Waals surface area contributed by atoms with Gasteiger partial charge in [0.05, 0.1) is 12.7 Å². The number of methoxy groups -OCH3 is 1. The average Bonchev–Trinajstić information content (AvgIpc) is 3.35. The average molecular weight is 443 g/mol. The second-order valence-corrected chi connectivity index (χ2v) is 7.76. The first-order chi connectivity index (χ1) is 16.2. The van der Waals surface area contributed by atoms with Gasteiger partial charge in [0.15, 0.2) is 5.65 Å². The Balaban J connectivity index is 1.67. The Morgan fingerprint density at radius 1 is 0.909 bits per heavy atom. The lowest BCUT2D eigenvalue weighted by molar-refractivity contribution is -0.139. The monoisotopic (exact) mass is 442 g/mol. The van der Waals surface area contributed by atoms with Crippen molar-refractivity contribution >= 4 is 17.5 Å². The van der Waals surface area contributed by atoms with Crippen LogP contribution < -0.4 is 5.32 Å². The Bertz CT molecular complexity index is 1240. The molecule has 7 heteroatoms. The van der Waals surface area contributed by atoms with Crippen molar-refractivity contribution in [1.82, 2.24) is 19.9 Å². The highest BCUT2D eigenvalue weighted by molar-refractivity contribution is 6.02. The van der Waals surface area contributed by atoms with Crippen LogP contribution in [-0.4, -0.2) is 40.1 Å². The molecule has 4 rings (SSSR count). The SMILES string of the molecule is COC(=O)CNC(=O)c1c(CCc2ccccc2)cc(CCc2ccccc2)n2ncnc12. The van der Waals surface area contributed by atoms with Crippen molar-refractivity contribution in [2.24, 2.45) is 0 Å². The molecule has 0 spiro atoms. The van der Waals surface area contributed by atoms with Crippen LogP contribution in [0.15, 0.2) is 73.1 Å². The molecular weight excluding hydrogens is 416 g/mol. The van der Waals surface area contributed by atoms with Gasteiger partial charge in [-0.05, 0) is 48.4 Å². The van der Waals surface area contributed by atoms with Crippen LogP contribution >= 0.6 is 0 Å². The number of amides is 1. The van der Waals surface area contributed by atoms with E-state index < -0.39 is 5.97 Å². The van der Waals surface area contributed by atoms with Gasteiger partial charge in [-0.25, -0.2) is 9.50 Å².